The molecule has 1 atom stereocenters. The number of para-hydroxylation sites is 1. The normalized spacial score (nSPS) is 18.0. The van der Waals surface area contributed by atoms with Gasteiger partial charge in [0.25, 0.3) is 5.91 Å². The summed E-state index contributed by atoms with van der Waals surface area (Å²) in [5.41, 5.74) is 1.20. The maximum atomic E-state index is 12.4. The van der Waals surface area contributed by atoms with Crippen LogP contribution in [0.2, 0.25) is 0 Å². The summed E-state index contributed by atoms with van der Waals surface area (Å²) in [4.78, 5) is 12.4. The minimum Gasteiger partial charge on any atom is -0.493 e. The smallest absolute Gasteiger partial charge is 0.275 e. The van der Waals surface area contributed by atoms with Crippen LogP contribution >= 0.6 is 0 Å². The van der Waals surface area contributed by atoms with Crippen LogP contribution in [0.3, 0.4) is 0 Å². The molecule has 22 heavy (non-hydrogen) atoms. The second-order valence-electron chi connectivity index (χ2n) is 5.34. The number of benzene rings is 1. The summed E-state index contributed by atoms with van der Waals surface area (Å²) in [6, 6.07) is 9.80. The van der Waals surface area contributed by atoms with Crippen LogP contribution in [0.4, 0.5) is 0 Å². The van der Waals surface area contributed by atoms with Crippen LogP contribution in [0.15, 0.2) is 36.5 Å². The predicted molar refractivity (Wildman–Crippen MR) is 83.5 cm³/mol. The molecule has 0 saturated carbocycles. The molecule has 1 fully saturated rings. The molecule has 1 aromatic carbocycles. The van der Waals surface area contributed by atoms with E-state index in [2.05, 4.69) is 15.7 Å². The number of hydrogen-bond acceptors (Lipinski definition) is 4. The maximum absolute atomic E-state index is 12.4. The van der Waals surface area contributed by atoms with Gasteiger partial charge >= 0.3 is 0 Å². The highest BCUT2D eigenvalue weighted by Crippen LogP contribution is 2.19. The number of hydrogen-bond donors (Lipinski definition) is 2. The summed E-state index contributed by atoms with van der Waals surface area (Å²) >= 11 is 0. The first kappa shape index (κ1) is 14.6. The minimum atomic E-state index is -0.194. The van der Waals surface area contributed by atoms with Gasteiger partial charge in [0.05, 0.1) is 19.0 Å². The lowest BCUT2D eigenvalue weighted by atomic mass is 10.1. The van der Waals surface area contributed by atoms with Crippen molar-refractivity contribution in [3.8, 4) is 11.4 Å². The first-order chi connectivity index (χ1) is 10.8. The fraction of sp³-hybridized carbons (Fsp3) is 0.375. The molecule has 1 aromatic heterocycles. The highest BCUT2D eigenvalue weighted by Gasteiger charge is 2.22. The van der Waals surface area contributed by atoms with E-state index in [9.17, 15) is 4.79 Å². The van der Waals surface area contributed by atoms with Crippen LogP contribution in [0.5, 0.6) is 5.75 Å². The van der Waals surface area contributed by atoms with Gasteiger partial charge in [-0.25, -0.2) is 4.68 Å². The standard InChI is InChI=1S/C16H20N4O2/c1-22-14-11-20(13-7-3-2-4-8-13)19-15(14)16(21)18-12-6-5-9-17-10-12/h2-4,7-8,11-12,17H,5-6,9-10H2,1H3,(H,18,21)/t12-/m0/s1. The van der Waals surface area contributed by atoms with Crippen molar-refractivity contribution in [2.75, 3.05) is 20.2 Å². The van der Waals surface area contributed by atoms with Crippen molar-refractivity contribution in [1.82, 2.24) is 20.4 Å². The highest BCUT2D eigenvalue weighted by molar-refractivity contribution is 5.95. The Morgan fingerprint density at radius 3 is 2.91 bits per heavy atom. The highest BCUT2D eigenvalue weighted by atomic mass is 16.5. The van der Waals surface area contributed by atoms with E-state index in [0.717, 1.165) is 31.6 Å². The molecule has 1 saturated heterocycles. The SMILES string of the molecule is COc1cn(-c2ccccc2)nc1C(=O)N[C@H]1CCCNC1. The summed E-state index contributed by atoms with van der Waals surface area (Å²) < 4.78 is 6.96. The van der Waals surface area contributed by atoms with Gasteiger partial charge in [-0.15, -0.1) is 0 Å². The zero-order chi connectivity index (χ0) is 15.4. The number of nitrogens with zero attached hydrogens (tertiary/aromatic N) is 2. The Labute approximate surface area is 129 Å². The molecular weight excluding hydrogens is 280 g/mol. The lowest BCUT2D eigenvalue weighted by molar-refractivity contribution is 0.0922. The molecule has 1 aliphatic heterocycles. The van der Waals surface area contributed by atoms with Crippen molar-refractivity contribution in [3.05, 3.63) is 42.2 Å². The molecule has 1 aliphatic rings. The zero-order valence-electron chi connectivity index (χ0n) is 12.6. The first-order valence-corrected chi connectivity index (χ1v) is 7.48. The Balaban J connectivity index is 1.80. The van der Waals surface area contributed by atoms with Crippen molar-refractivity contribution in [1.29, 1.82) is 0 Å². The third kappa shape index (κ3) is 3.12. The average molecular weight is 300 g/mol. The first-order valence-electron chi connectivity index (χ1n) is 7.48. The number of ether oxygens (including phenoxy) is 1. The van der Waals surface area contributed by atoms with E-state index >= 15 is 0 Å². The minimum absolute atomic E-state index is 0.146. The molecule has 2 aromatic rings. The molecule has 6 heteroatoms. The van der Waals surface area contributed by atoms with E-state index < -0.39 is 0 Å². The number of aromatic nitrogens is 2. The van der Waals surface area contributed by atoms with Crippen LogP contribution in [0.1, 0.15) is 23.3 Å². The van der Waals surface area contributed by atoms with Gasteiger partial charge in [0.1, 0.15) is 0 Å². The Kier molecular flexibility index (Phi) is 4.39. The van der Waals surface area contributed by atoms with Crippen LogP contribution in [-0.2, 0) is 0 Å². The molecule has 6 nitrogen and oxygen atoms in total. The van der Waals surface area contributed by atoms with Gasteiger partial charge in [-0.2, -0.15) is 5.10 Å². The quantitative estimate of drug-likeness (QED) is 0.895. The Hall–Kier alpha value is -2.34. The molecule has 1 amide bonds. The average Bonchev–Trinajstić information content (AvgIpc) is 3.01. The van der Waals surface area contributed by atoms with Gasteiger partial charge in [0, 0.05) is 12.6 Å². The number of piperidine rings is 1. The molecule has 0 bridgehead atoms. The van der Waals surface area contributed by atoms with Crippen molar-refractivity contribution >= 4 is 5.91 Å². The summed E-state index contributed by atoms with van der Waals surface area (Å²) in [5.74, 6) is 0.283. The second kappa shape index (κ2) is 6.62. The lowest BCUT2D eigenvalue weighted by Gasteiger charge is -2.23. The molecule has 0 aliphatic carbocycles. The predicted octanol–water partition coefficient (Wildman–Crippen LogP) is 1.36. The van der Waals surface area contributed by atoms with Gasteiger partial charge in [0.2, 0.25) is 0 Å². The molecule has 2 N–H and O–H groups in total. The third-order valence-electron chi connectivity index (χ3n) is 3.77. The molecule has 116 valence electrons. The van der Waals surface area contributed by atoms with Gasteiger partial charge < -0.3 is 15.4 Å². The van der Waals surface area contributed by atoms with E-state index in [1.165, 1.54) is 0 Å². The van der Waals surface area contributed by atoms with Crippen LogP contribution < -0.4 is 15.4 Å². The summed E-state index contributed by atoms with van der Waals surface area (Å²) in [5, 5.41) is 10.7. The number of rotatable bonds is 4. The van der Waals surface area contributed by atoms with Crippen LogP contribution in [-0.4, -0.2) is 41.9 Å². The van der Waals surface area contributed by atoms with Crippen molar-refractivity contribution in [2.24, 2.45) is 0 Å². The molecule has 0 spiro atoms. The maximum Gasteiger partial charge on any atom is 0.275 e. The van der Waals surface area contributed by atoms with Gasteiger partial charge in [-0.05, 0) is 31.5 Å². The summed E-state index contributed by atoms with van der Waals surface area (Å²) in [6.07, 6.45) is 3.78. The largest absolute Gasteiger partial charge is 0.493 e. The molecule has 3 rings (SSSR count). The van der Waals surface area contributed by atoms with Gasteiger partial charge in [-0.1, -0.05) is 18.2 Å². The molecule has 0 radical (unpaired) electrons. The van der Waals surface area contributed by atoms with Gasteiger partial charge in [0.15, 0.2) is 11.4 Å². The number of methoxy groups -OCH3 is 1. The second-order valence-corrected chi connectivity index (χ2v) is 5.34. The Morgan fingerprint density at radius 2 is 2.23 bits per heavy atom. The van der Waals surface area contributed by atoms with E-state index in [4.69, 9.17) is 4.74 Å². The number of carbonyl (C=O) groups excluding carboxylic acids is 1. The van der Waals surface area contributed by atoms with E-state index in [-0.39, 0.29) is 11.9 Å². The number of amides is 1. The van der Waals surface area contributed by atoms with Crippen LogP contribution in [0, 0.1) is 0 Å². The van der Waals surface area contributed by atoms with Crippen molar-refractivity contribution in [2.45, 2.75) is 18.9 Å². The summed E-state index contributed by atoms with van der Waals surface area (Å²) in [6.45, 7) is 1.81. The van der Waals surface area contributed by atoms with E-state index in [0.29, 0.717) is 11.4 Å². The van der Waals surface area contributed by atoms with Crippen molar-refractivity contribution in [3.63, 3.8) is 0 Å². The molecule has 2 heterocycles. The molecule has 0 unspecified atom stereocenters. The number of nitrogens with one attached hydrogen (secondary N) is 2. The van der Waals surface area contributed by atoms with E-state index in [1.807, 2.05) is 30.3 Å². The third-order valence-corrected chi connectivity index (χ3v) is 3.77. The Bertz CT molecular complexity index is 633. The summed E-state index contributed by atoms with van der Waals surface area (Å²) in [7, 11) is 1.55. The fourth-order valence-electron chi connectivity index (χ4n) is 2.61. The topological polar surface area (TPSA) is 68.2 Å². The fourth-order valence-corrected chi connectivity index (χ4v) is 2.61. The zero-order valence-corrected chi connectivity index (χ0v) is 12.6. The monoisotopic (exact) mass is 300 g/mol. The van der Waals surface area contributed by atoms with Crippen molar-refractivity contribution < 1.29 is 9.53 Å². The van der Waals surface area contributed by atoms with Gasteiger partial charge in [-0.3, -0.25) is 4.79 Å². The van der Waals surface area contributed by atoms with Crippen LogP contribution in [0.25, 0.3) is 5.69 Å². The Morgan fingerprint density at radius 1 is 1.41 bits per heavy atom. The lowest BCUT2D eigenvalue weighted by Crippen LogP contribution is -2.45. The van der Waals surface area contributed by atoms with E-state index in [1.54, 1.807) is 18.0 Å². The number of carbonyl (C=O) groups is 1. The molecular formula is C16H20N4O2.